The molecule has 0 radical (unpaired) electrons. The maximum absolute atomic E-state index is 13.5. The fourth-order valence-electron chi connectivity index (χ4n) is 1.46. The molecular weight excluding hydrogens is 291 g/mol. The van der Waals surface area contributed by atoms with Crippen LogP contribution in [-0.2, 0) is 10.0 Å². The third-order valence-corrected chi connectivity index (χ3v) is 4.70. The zero-order valence-corrected chi connectivity index (χ0v) is 11.8. The van der Waals surface area contributed by atoms with Gasteiger partial charge in [0.05, 0.1) is 4.90 Å². The van der Waals surface area contributed by atoms with Gasteiger partial charge in [-0.15, -0.1) is 10.2 Å². The first-order valence-electron chi connectivity index (χ1n) is 5.18. The molecule has 9 heteroatoms. The van der Waals surface area contributed by atoms with Crippen molar-refractivity contribution in [3.8, 4) is 0 Å². The van der Waals surface area contributed by atoms with Crippen molar-refractivity contribution in [3.05, 3.63) is 28.5 Å². The molecule has 0 saturated carbocycles. The summed E-state index contributed by atoms with van der Waals surface area (Å²) in [6, 6.07) is 2.28. The van der Waals surface area contributed by atoms with Gasteiger partial charge in [-0.1, -0.05) is 11.3 Å². The number of hydrogen-bond donors (Lipinski definition) is 2. The third-order valence-electron chi connectivity index (χ3n) is 2.36. The Morgan fingerprint density at radius 1 is 1.32 bits per heavy atom. The minimum Gasteiger partial charge on any atom is -0.399 e. The topological polar surface area (TPSA) is 98.0 Å². The van der Waals surface area contributed by atoms with Crippen molar-refractivity contribution in [2.75, 3.05) is 10.5 Å². The first-order chi connectivity index (χ1) is 8.79. The SMILES string of the molecule is Cc1nnc(NS(=O)(=O)c2cc(N)cc(F)c2C)s1. The Balaban J connectivity index is 2.45. The lowest BCUT2D eigenvalue weighted by molar-refractivity contribution is 0.591. The van der Waals surface area contributed by atoms with Gasteiger partial charge in [-0.2, -0.15) is 0 Å². The summed E-state index contributed by atoms with van der Waals surface area (Å²) in [6.45, 7) is 3.07. The molecule has 102 valence electrons. The molecule has 2 rings (SSSR count). The van der Waals surface area contributed by atoms with E-state index in [0.29, 0.717) is 5.01 Å². The average Bonchev–Trinajstić information content (AvgIpc) is 2.68. The molecule has 3 N–H and O–H groups in total. The minimum atomic E-state index is -3.94. The van der Waals surface area contributed by atoms with E-state index in [1.165, 1.54) is 13.0 Å². The van der Waals surface area contributed by atoms with Crippen molar-refractivity contribution >= 4 is 32.2 Å². The number of nitrogen functional groups attached to an aromatic ring is 1. The van der Waals surface area contributed by atoms with Gasteiger partial charge in [0.1, 0.15) is 10.8 Å². The second-order valence-corrected chi connectivity index (χ2v) is 6.69. The molecule has 0 bridgehead atoms. The second-order valence-electron chi connectivity index (χ2n) is 3.86. The lowest BCUT2D eigenvalue weighted by Gasteiger charge is -2.09. The molecular formula is C10H11FN4O2S2. The molecule has 0 aliphatic rings. The van der Waals surface area contributed by atoms with Gasteiger partial charge in [-0.05, 0) is 26.0 Å². The van der Waals surface area contributed by atoms with Gasteiger partial charge < -0.3 is 5.73 Å². The summed E-state index contributed by atoms with van der Waals surface area (Å²) in [7, 11) is -3.94. The van der Waals surface area contributed by atoms with E-state index in [1.54, 1.807) is 6.92 Å². The van der Waals surface area contributed by atoms with Gasteiger partial charge in [0.25, 0.3) is 10.0 Å². The Morgan fingerprint density at radius 2 is 2.00 bits per heavy atom. The lowest BCUT2D eigenvalue weighted by Crippen LogP contribution is -2.15. The van der Waals surface area contributed by atoms with Crippen molar-refractivity contribution in [3.63, 3.8) is 0 Å². The number of hydrogen-bond acceptors (Lipinski definition) is 6. The number of halogens is 1. The number of anilines is 2. The fraction of sp³-hybridized carbons (Fsp3) is 0.200. The van der Waals surface area contributed by atoms with Crippen molar-refractivity contribution in [2.45, 2.75) is 18.7 Å². The summed E-state index contributed by atoms with van der Waals surface area (Å²) in [5, 5.41) is 8.09. The molecule has 1 aromatic heterocycles. The highest BCUT2D eigenvalue weighted by molar-refractivity contribution is 7.93. The van der Waals surface area contributed by atoms with E-state index < -0.39 is 15.8 Å². The molecule has 2 aromatic rings. The van der Waals surface area contributed by atoms with Crippen molar-refractivity contribution in [1.82, 2.24) is 10.2 Å². The van der Waals surface area contributed by atoms with Gasteiger partial charge >= 0.3 is 0 Å². The maximum Gasteiger partial charge on any atom is 0.264 e. The summed E-state index contributed by atoms with van der Waals surface area (Å²) in [5.74, 6) is -0.672. The normalized spacial score (nSPS) is 11.5. The summed E-state index contributed by atoms with van der Waals surface area (Å²) in [6.07, 6.45) is 0. The van der Waals surface area contributed by atoms with E-state index in [2.05, 4.69) is 14.9 Å². The summed E-state index contributed by atoms with van der Waals surface area (Å²) >= 11 is 1.09. The van der Waals surface area contributed by atoms with Crippen LogP contribution in [0.2, 0.25) is 0 Å². The van der Waals surface area contributed by atoms with Gasteiger partial charge in [0, 0.05) is 11.3 Å². The molecule has 0 fully saturated rings. The standard InChI is InChI=1S/C10H11FN4O2S2/c1-5-8(11)3-7(12)4-9(5)19(16,17)15-10-14-13-6(2)18-10/h3-4H,12H2,1-2H3,(H,14,15). The Hall–Kier alpha value is -1.74. The molecule has 6 nitrogen and oxygen atoms in total. The van der Waals surface area contributed by atoms with Gasteiger partial charge in [-0.3, -0.25) is 4.72 Å². The summed E-state index contributed by atoms with van der Waals surface area (Å²) in [5.41, 5.74) is 5.51. The molecule has 0 aliphatic heterocycles. The molecule has 0 spiro atoms. The van der Waals surface area contributed by atoms with Crippen LogP contribution in [0.5, 0.6) is 0 Å². The summed E-state index contributed by atoms with van der Waals surface area (Å²) < 4.78 is 40.0. The number of nitrogens with zero attached hydrogens (tertiary/aromatic N) is 2. The Kier molecular flexibility index (Phi) is 3.42. The van der Waals surface area contributed by atoms with Crippen LogP contribution >= 0.6 is 11.3 Å². The third kappa shape index (κ3) is 2.82. The lowest BCUT2D eigenvalue weighted by atomic mass is 10.2. The van der Waals surface area contributed by atoms with Crippen LogP contribution in [0, 0.1) is 19.7 Å². The number of benzene rings is 1. The first-order valence-corrected chi connectivity index (χ1v) is 7.48. The molecule has 19 heavy (non-hydrogen) atoms. The van der Waals surface area contributed by atoms with Gasteiger partial charge in [0.15, 0.2) is 0 Å². The van der Waals surface area contributed by atoms with E-state index in [1.807, 2.05) is 0 Å². The van der Waals surface area contributed by atoms with E-state index >= 15 is 0 Å². The van der Waals surface area contributed by atoms with Crippen LogP contribution in [0.1, 0.15) is 10.6 Å². The number of nitrogens with one attached hydrogen (secondary N) is 1. The van der Waals surface area contributed by atoms with E-state index in [0.717, 1.165) is 17.4 Å². The monoisotopic (exact) mass is 302 g/mol. The Labute approximate surface area is 113 Å². The highest BCUT2D eigenvalue weighted by Crippen LogP contribution is 2.25. The summed E-state index contributed by atoms with van der Waals surface area (Å²) in [4.78, 5) is -0.210. The van der Waals surface area contributed by atoms with Crippen LogP contribution in [-0.4, -0.2) is 18.6 Å². The maximum atomic E-state index is 13.5. The van der Waals surface area contributed by atoms with E-state index in [9.17, 15) is 12.8 Å². The predicted octanol–water partition coefficient (Wildman–Crippen LogP) is 1.68. The number of aryl methyl sites for hydroxylation is 1. The van der Waals surface area contributed by atoms with E-state index in [-0.39, 0.29) is 21.3 Å². The Bertz CT molecular complexity index is 727. The molecule has 0 unspecified atom stereocenters. The zero-order chi connectivity index (χ0) is 14.2. The second kappa shape index (κ2) is 4.74. The van der Waals surface area contributed by atoms with Crippen molar-refractivity contribution < 1.29 is 12.8 Å². The van der Waals surface area contributed by atoms with Crippen molar-refractivity contribution in [1.29, 1.82) is 0 Å². The smallest absolute Gasteiger partial charge is 0.264 e. The highest BCUT2D eigenvalue weighted by Gasteiger charge is 2.21. The van der Waals surface area contributed by atoms with Crippen LogP contribution in [0.3, 0.4) is 0 Å². The number of aromatic nitrogens is 2. The van der Waals surface area contributed by atoms with Crippen LogP contribution in [0.25, 0.3) is 0 Å². The number of rotatable bonds is 3. The van der Waals surface area contributed by atoms with Crippen LogP contribution in [0.4, 0.5) is 15.2 Å². The highest BCUT2D eigenvalue weighted by atomic mass is 32.2. The number of nitrogens with two attached hydrogens (primary N) is 1. The molecule has 0 aliphatic carbocycles. The van der Waals surface area contributed by atoms with E-state index in [4.69, 9.17) is 5.73 Å². The fourth-order valence-corrected chi connectivity index (χ4v) is 3.57. The number of sulfonamides is 1. The molecule has 0 saturated heterocycles. The van der Waals surface area contributed by atoms with Crippen LogP contribution < -0.4 is 10.5 Å². The average molecular weight is 302 g/mol. The Morgan fingerprint density at radius 3 is 2.58 bits per heavy atom. The predicted molar refractivity (Wildman–Crippen MR) is 71.0 cm³/mol. The molecule has 0 amide bonds. The van der Waals surface area contributed by atoms with Crippen molar-refractivity contribution in [2.24, 2.45) is 0 Å². The molecule has 1 aromatic carbocycles. The molecule has 1 heterocycles. The van der Waals surface area contributed by atoms with Gasteiger partial charge in [-0.25, -0.2) is 12.8 Å². The molecule has 0 atom stereocenters. The first kappa shape index (κ1) is 13.7. The van der Waals surface area contributed by atoms with Crippen LogP contribution in [0.15, 0.2) is 17.0 Å². The zero-order valence-electron chi connectivity index (χ0n) is 10.1. The van der Waals surface area contributed by atoms with Gasteiger partial charge in [0.2, 0.25) is 5.13 Å². The quantitative estimate of drug-likeness (QED) is 0.841. The minimum absolute atomic E-state index is 0.00272. The largest absolute Gasteiger partial charge is 0.399 e.